The van der Waals surface area contributed by atoms with E-state index < -0.39 is 24.0 Å². The summed E-state index contributed by atoms with van der Waals surface area (Å²) in [7, 11) is 1.70. The number of nitrogens with zero attached hydrogens (tertiary/aromatic N) is 2. The van der Waals surface area contributed by atoms with Crippen LogP contribution in [0.15, 0.2) is 30.3 Å². The summed E-state index contributed by atoms with van der Waals surface area (Å²) < 4.78 is 5.33. The molecule has 2 rings (SSSR count). The molecule has 1 aliphatic heterocycles. The molecule has 0 spiro atoms. The average Bonchev–Trinajstić information content (AvgIpc) is 2.87. The van der Waals surface area contributed by atoms with Gasteiger partial charge in [-0.1, -0.05) is 30.3 Å². The minimum atomic E-state index is -0.987. The van der Waals surface area contributed by atoms with Crippen molar-refractivity contribution in [3.63, 3.8) is 0 Å². The van der Waals surface area contributed by atoms with Crippen molar-refractivity contribution in [2.24, 2.45) is 0 Å². The van der Waals surface area contributed by atoms with Crippen LogP contribution in [0, 0.1) is 0 Å². The zero-order chi connectivity index (χ0) is 17.9. The van der Waals surface area contributed by atoms with Gasteiger partial charge in [-0.05, 0) is 39.2 Å². The fraction of sp³-hybridized carbons (Fsp3) is 0.556. The molecule has 0 saturated carbocycles. The van der Waals surface area contributed by atoms with Crippen LogP contribution in [0.3, 0.4) is 0 Å². The zero-order valence-corrected chi connectivity index (χ0v) is 14.7. The summed E-state index contributed by atoms with van der Waals surface area (Å²) in [4.78, 5) is 27.8. The number of ether oxygens (including phenoxy) is 1. The van der Waals surface area contributed by atoms with E-state index in [0.29, 0.717) is 19.4 Å². The topological polar surface area (TPSA) is 70.1 Å². The number of likely N-dealkylation sites (tertiary alicyclic amines) is 1. The van der Waals surface area contributed by atoms with E-state index in [9.17, 15) is 14.7 Å². The number of likely N-dealkylation sites (N-methyl/N-ethyl adjacent to an activating group) is 1. The van der Waals surface area contributed by atoms with Gasteiger partial charge in [-0.2, -0.15) is 0 Å². The quantitative estimate of drug-likeness (QED) is 0.921. The molecular formula is C18H26N2O4. The van der Waals surface area contributed by atoms with E-state index in [1.807, 2.05) is 30.3 Å². The lowest BCUT2D eigenvalue weighted by atomic mass is 10.1. The van der Waals surface area contributed by atoms with Gasteiger partial charge in [0.2, 0.25) is 5.91 Å². The summed E-state index contributed by atoms with van der Waals surface area (Å²) in [5.41, 5.74) is 0.332. The number of hydrogen-bond donors (Lipinski definition) is 1. The molecule has 1 unspecified atom stereocenters. The fourth-order valence-corrected chi connectivity index (χ4v) is 2.79. The van der Waals surface area contributed by atoms with E-state index >= 15 is 0 Å². The Morgan fingerprint density at radius 1 is 1.25 bits per heavy atom. The molecule has 0 radical (unpaired) electrons. The second-order valence-corrected chi connectivity index (χ2v) is 7.14. The number of carbonyl (C=O) groups excluding carboxylic acids is 2. The molecule has 1 aromatic rings. The van der Waals surface area contributed by atoms with Gasteiger partial charge in [-0.3, -0.25) is 9.69 Å². The van der Waals surface area contributed by atoms with E-state index in [4.69, 9.17) is 4.74 Å². The Morgan fingerprint density at radius 2 is 1.88 bits per heavy atom. The van der Waals surface area contributed by atoms with Crippen LogP contribution in [0.4, 0.5) is 4.79 Å². The Kier molecular flexibility index (Phi) is 5.49. The smallest absolute Gasteiger partial charge is 0.413 e. The lowest BCUT2D eigenvalue weighted by Gasteiger charge is -2.31. The van der Waals surface area contributed by atoms with Crippen molar-refractivity contribution < 1.29 is 19.4 Å². The number of aliphatic hydroxyl groups excluding tert-OH is 1. The SMILES string of the molecule is CN(Cc1ccccc1)C(=O)[C@@H]1CCC(O)N1C(=O)OC(C)(C)C. The maximum absolute atomic E-state index is 12.7. The van der Waals surface area contributed by atoms with Gasteiger partial charge in [0, 0.05) is 13.6 Å². The highest BCUT2D eigenvalue weighted by molar-refractivity contribution is 5.86. The van der Waals surface area contributed by atoms with Gasteiger partial charge in [-0.15, -0.1) is 0 Å². The Balaban J connectivity index is 2.07. The lowest BCUT2D eigenvalue weighted by molar-refractivity contribution is -0.137. The van der Waals surface area contributed by atoms with Crippen molar-refractivity contribution in [2.45, 2.75) is 58.0 Å². The summed E-state index contributed by atoms with van der Waals surface area (Å²) >= 11 is 0. The summed E-state index contributed by atoms with van der Waals surface area (Å²) in [5.74, 6) is -0.193. The summed E-state index contributed by atoms with van der Waals surface area (Å²) in [6.45, 7) is 5.72. The van der Waals surface area contributed by atoms with Crippen LogP contribution < -0.4 is 0 Å². The third-order valence-electron chi connectivity index (χ3n) is 3.88. The van der Waals surface area contributed by atoms with Crippen molar-refractivity contribution in [2.75, 3.05) is 7.05 Å². The maximum Gasteiger partial charge on any atom is 0.413 e. The molecule has 6 nitrogen and oxygen atoms in total. The van der Waals surface area contributed by atoms with E-state index in [2.05, 4.69) is 0 Å². The van der Waals surface area contributed by atoms with Crippen molar-refractivity contribution in [3.05, 3.63) is 35.9 Å². The lowest BCUT2D eigenvalue weighted by Crippen LogP contribution is -2.50. The maximum atomic E-state index is 12.7. The van der Waals surface area contributed by atoms with Crippen molar-refractivity contribution in [1.82, 2.24) is 9.80 Å². The molecule has 1 N–H and O–H groups in total. The molecule has 6 heteroatoms. The first-order valence-electron chi connectivity index (χ1n) is 8.17. The van der Waals surface area contributed by atoms with Crippen LogP contribution in [0.1, 0.15) is 39.2 Å². The number of benzene rings is 1. The van der Waals surface area contributed by atoms with E-state index in [1.54, 1.807) is 32.7 Å². The third kappa shape index (κ3) is 4.47. The van der Waals surface area contributed by atoms with E-state index in [-0.39, 0.29) is 5.91 Å². The Bertz CT molecular complexity index is 582. The van der Waals surface area contributed by atoms with Gasteiger partial charge >= 0.3 is 6.09 Å². The predicted molar refractivity (Wildman–Crippen MR) is 90.0 cm³/mol. The molecule has 2 amide bonds. The number of rotatable bonds is 3. The molecule has 132 valence electrons. The van der Waals surface area contributed by atoms with Crippen LogP contribution in [-0.4, -0.2) is 51.8 Å². The van der Waals surface area contributed by atoms with Crippen LogP contribution in [0.2, 0.25) is 0 Å². The van der Waals surface area contributed by atoms with Crippen molar-refractivity contribution >= 4 is 12.0 Å². The molecule has 1 aromatic carbocycles. The van der Waals surface area contributed by atoms with Gasteiger partial charge in [0.05, 0.1) is 0 Å². The minimum Gasteiger partial charge on any atom is -0.444 e. The normalized spacial score (nSPS) is 20.8. The highest BCUT2D eigenvalue weighted by Crippen LogP contribution is 2.26. The highest BCUT2D eigenvalue weighted by Gasteiger charge is 2.43. The molecule has 24 heavy (non-hydrogen) atoms. The molecule has 0 aromatic heterocycles. The predicted octanol–water partition coefficient (Wildman–Crippen LogP) is 2.36. The van der Waals surface area contributed by atoms with Gasteiger partial charge < -0.3 is 14.7 Å². The van der Waals surface area contributed by atoms with Crippen molar-refractivity contribution in [1.29, 1.82) is 0 Å². The van der Waals surface area contributed by atoms with E-state index in [1.165, 1.54) is 0 Å². The second-order valence-electron chi connectivity index (χ2n) is 7.14. The summed E-state index contributed by atoms with van der Waals surface area (Å²) in [5, 5.41) is 10.1. The standard InChI is InChI=1S/C18H26N2O4/c1-18(2,3)24-17(23)20-14(10-11-15(20)21)16(22)19(4)12-13-8-6-5-7-9-13/h5-9,14-15,21H,10-12H2,1-4H3/t14-,15?/m0/s1. The monoisotopic (exact) mass is 334 g/mol. The first-order chi connectivity index (χ1) is 11.2. The number of aliphatic hydroxyl groups is 1. The van der Waals surface area contributed by atoms with Gasteiger partial charge in [-0.25, -0.2) is 4.79 Å². The Morgan fingerprint density at radius 3 is 2.46 bits per heavy atom. The number of amides is 2. The van der Waals surface area contributed by atoms with Gasteiger partial charge in [0.1, 0.15) is 17.9 Å². The molecule has 1 fully saturated rings. The molecule has 1 saturated heterocycles. The zero-order valence-electron chi connectivity index (χ0n) is 14.7. The first kappa shape index (κ1) is 18.3. The molecule has 0 aliphatic carbocycles. The molecule has 0 bridgehead atoms. The molecular weight excluding hydrogens is 308 g/mol. The van der Waals surface area contributed by atoms with Crippen LogP contribution in [0.25, 0.3) is 0 Å². The average molecular weight is 334 g/mol. The highest BCUT2D eigenvalue weighted by atomic mass is 16.6. The second kappa shape index (κ2) is 7.21. The molecule has 1 heterocycles. The van der Waals surface area contributed by atoms with Crippen LogP contribution in [0.5, 0.6) is 0 Å². The van der Waals surface area contributed by atoms with Crippen LogP contribution in [-0.2, 0) is 16.1 Å². The largest absolute Gasteiger partial charge is 0.444 e. The molecule has 1 aliphatic rings. The van der Waals surface area contributed by atoms with Gasteiger partial charge in [0.15, 0.2) is 0 Å². The number of carbonyl (C=O) groups is 2. The van der Waals surface area contributed by atoms with Crippen molar-refractivity contribution in [3.8, 4) is 0 Å². The van der Waals surface area contributed by atoms with Gasteiger partial charge in [0.25, 0.3) is 0 Å². The third-order valence-corrected chi connectivity index (χ3v) is 3.88. The Hall–Kier alpha value is -2.08. The fourth-order valence-electron chi connectivity index (χ4n) is 2.79. The first-order valence-corrected chi connectivity index (χ1v) is 8.17. The minimum absolute atomic E-state index is 0.193. The van der Waals surface area contributed by atoms with E-state index in [0.717, 1.165) is 10.5 Å². The summed E-state index contributed by atoms with van der Waals surface area (Å²) in [6, 6.07) is 8.95. The molecule has 2 atom stereocenters. The number of hydrogen-bond acceptors (Lipinski definition) is 4. The van der Waals surface area contributed by atoms with Crippen LogP contribution >= 0.6 is 0 Å². The summed E-state index contributed by atoms with van der Waals surface area (Å²) in [6.07, 6.45) is -0.842. The Labute approximate surface area is 143 Å².